The van der Waals surface area contributed by atoms with Crippen molar-refractivity contribution in [2.24, 2.45) is 0 Å². The number of hydrogen-bond donors (Lipinski definition) is 0. The number of hydrogen-bond acceptors (Lipinski definition) is 5. The van der Waals surface area contributed by atoms with Crippen LogP contribution in [-0.2, 0) is 14.8 Å². The lowest BCUT2D eigenvalue weighted by Gasteiger charge is -2.22. The molecule has 0 amide bonds. The molecule has 1 aromatic rings. The van der Waals surface area contributed by atoms with Gasteiger partial charge in [0, 0.05) is 12.6 Å². The zero-order valence-corrected chi connectivity index (χ0v) is 11.4. The van der Waals surface area contributed by atoms with Crippen molar-refractivity contribution in [2.45, 2.75) is 18.0 Å². The highest BCUT2D eigenvalue weighted by atomic mass is 32.2. The van der Waals surface area contributed by atoms with Gasteiger partial charge in [0.25, 0.3) is 0 Å². The molecule has 1 fully saturated rings. The summed E-state index contributed by atoms with van der Waals surface area (Å²) in [6.07, 6.45) is -0.432. The van der Waals surface area contributed by atoms with Gasteiger partial charge in [-0.25, -0.2) is 8.42 Å². The Morgan fingerprint density at radius 1 is 1.16 bits per heavy atom. The molecule has 0 aromatic heterocycles. The third kappa shape index (κ3) is 2.18. The fourth-order valence-corrected chi connectivity index (χ4v) is 3.75. The van der Waals surface area contributed by atoms with Crippen molar-refractivity contribution < 1.29 is 22.6 Å². The van der Waals surface area contributed by atoms with E-state index in [1.165, 1.54) is 16.4 Å². The molecule has 3 rings (SSSR count). The molecule has 0 radical (unpaired) electrons. The third-order valence-corrected chi connectivity index (χ3v) is 5.14. The zero-order valence-electron chi connectivity index (χ0n) is 10.5. The van der Waals surface area contributed by atoms with Gasteiger partial charge in [-0.1, -0.05) is 0 Å². The summed E-state index contributed by atoms with van der Waals surface area (Å²) in [6, 6.07) is 4.67. The Morgan fingerprint density at radius 3 is 2.58 bits per heavy atom. The summed E-state index contributed by atoms with van der Waals surface area (Å²) in [5.74, 6) is 1.05. The Hall–Kier alpha value is -1.31. The van der Waals surface area contributed by atoms with E-state index in [0.717, 1.165) is 0 Å². The summed E-state index contributed by atoms with van der Waals surface area (Å²) < 4.78 is 42.4. The van der Waals surface area contributed by atoms with Gasteiger partial charge in [-0.05, 0) is 19.1 Å². The van der Waals surface area contributed by atoms with Gasteiger partial charge in [0.15, 0.2) is 11.5 Å². The molecule has 0 aliphatic carbocycles. The summed E-state index contributed by atoms with van der Waals surface area (Å²) >= 11 is 0. The van der Waals surface area contributed by atoms with Gasteiger partial charge >= 0.3 is 0 Å². The largest absolute Gasteiger partial charge is 0.486 e. The van der Waals surface area contributed by atoms with Gasteiger partial charge < -0.3 is 14.2 Å². The average molecular weight is 285 g/mol. The highest BCUT2D eigenvalue weighted by Crippen LogP contribution is 2.33. The second-order valence-corrected chi connectivity index (χ2v) is 6.28. The predicted molar refractivity (Wildman–Crippen MR) is 66.7 cm³/mol. The van der Waals surface area contributed by atoms with Crippen LogP contribution in [0.1, 0.15) is 6.92 Å². The molecule has 2 aliphatic heterocycles. The first kappa shape index (κ1) is 12.7. The van der Waals surface area contributed by atoms with Crippen molar-refractivity contribution in [3.63, 3.8) is 0 Å². The average Bonchev–Trinajstić information content (AvgIpc) is 2.85. The molecule has 7 heteroatoms. The SMILES string of the molecule is CC1OCCN1S(=O)(=O)c1ccc2c(c1)OCCO2. The van der Waals surface area contributed by atoms with E-state index in [2.05, 4.69) is 0 Å². The first-order valence-corrected chi connectivity index (χ1v) is 7.56. The molecule has 2 aliphatic rings. The number of nitrogens with zero attached hydrogens (tertiary/aromatic N) is 1. The molecule has 1 saturated heterocycles. The molecule has 1 aromatic carbocycles. The topological polar surface area (TPSA) is 65.1 Å². The van der Waals surface area contributed by atoms with Crippen molar-refractivity contribution in [3.05, 3.63) is 18.2 Å². The van der Waals surface area contributed by atoms with Crippen molar-refractivity contribution in [2.75, 3.05) is 26.4 Å². The number of sulfonamides is 1. The van der Waals surface area contributed by atoms with Crippen LogP contribution in [-0.4, -0.2) is 45.3 Å². The first-order valence-electron chi connectivity index (χ1n) is 6.12. The highest BCUT2D eigenvalue weighted by Gasteiger charge is 2.34. The molecule has 0 spiro atoms. The normalized spacial score (nSPS) is 23.5. The van der Waals surface area contributed by atoms with Crippen LogP contribution in [0.5, 0.6) is 11.5 Å². The first-order chi connectivity index (χ1) is 9.09. The molecule has 19 heavy (non-hydrogen) atoms. The lowest BCUT2D eigenvalue weighted by molar-refractivity contribution is 0.0846. The van der Waals surface area contributed by atoms with Crippen LogP contribution in [0.2, 0.25) is 0 Å². The van der Waals surface area contributed by atoms with Crippen LogP contribution >= 0.6 is 0 Å². The monoisotopic (exact) mass is 285 g/mol. The quantitative estimate of drug-likeness (QED) is 0.805. The zero-order chi connectivity index (χ0) is 13.5. The van der Waals surface area contributed by atoms with E-state index in [1.807, 2.05) is 0 Å². The van der Waals surface area contributed by atoms with E-state index in [0.29, 0.717) is 37.9 Å². The summed E-state index contributed by atoms with van der Waals surface area (Å²) in [5, 5.41) is 0. The third-order valence-electron chi connectivity index (χ3n) is 3.20. The number of benzene rings is 1. The van der Waals surface area contributed by atoms with E-state index in [-0.39, 0.29) is 4.90 Å². The van der Waals surface area contributed by atoms with Gasteiger partial charge in [0.05, 0.1) is 11.5 Å². The van der Waals surface area contributed by atoms with E-state index < -0.39 is 16.3 Å². The molecular formula is C12H15NO5S. The summed E-state index contributed by atoms with van der Waals surface area (Å²) in [7, 11) is -3.55. The maximum absolute atomic E-state index is 12.5. The van der Waals surface area contributed by atoms with Crippen molar-refractivity contribution in [1.82, 2.24) is 4.31 Å². The fourth-order valence-electron chi connectivity index (χ4n) is 2.21. The van der Waals surface area contributed by atoms with E-state index in [9.17, 15) is 8.42 Å². The van der Waals surface area contributed by atoms with Crippen LogP contribution < -0.4 is 9.47 Å². The molecule has 104 valence electrons. The number of fused-ring (bicyclic) bond motifs is 1. The number of ether oxygens (including phenoxy) is 3. The van der Waals surface area contributed by atoms with Crippen LogP contribution in [0.15, 0.2) is 23.1 Å². The molecule has 1 atom stereocenters. The van der Waals surface area contributed by atoms with Crippen molar-refractivity contribution >= 4 is 10.0 Å². The highest BCUT2D eigenvalue weighted by molar-refractivity contribution is 7.89. The molecule has 0 saturated carbocycles. The minimum absolute atomic E-state index is 0.203. The Kier molecular flexibility index (Phi) is 3.12. The van der Waals surface area contributed by atoms with Gasteiger partial charge in [0.1, 0.15) is 19.4 Å². The fraction of sp³-hybridized carbons (Fsp3) is 0.500. The van der Waals surface area contributed by atoms with Gasteiger partial charge in [-0.15, -0.1) is 0 Å². The number of rotatable bonds is 2. The van der Waals surface area contributed by atoms with Gasteiger partial charge in [-0.3, -0.25) is 0 Å². The molecular weight excluding hydrogens is 270 g/mol. The maximum Gasteiger partial charge on any atom is 0.245 e. The molecule has 6 nitrogen and oxygen atoms in total. The second-order valence-electron chi connectivity index (χ2n) is 4.39. The van der Waals surface area contributed by atoms with Crippen molar-refractivity contribution in [1.29, 1.82) is 0 Å². The minimum atomic E-state index is -3.55. The van der Waals surface area contributed by atoms with Crippen molar-refractivity contribution in [3.8, 4) is 11.5 Å². The van der Waals surface area contributed by atoms with Crippen LogP contribution in [0, 0.1) is 0 Å². The van der Waals surface area contributed by atoms with E-state index in [1.54, 1.807) is 13.0 Å². The lowest BCUT2D eigenvalue weighted by atomic mass is 10.3. The molecule has 1 unspecified atom stereocenters. The van der Waals surface area contributed by atoms with E-state index >= 15 is 0 Å². The van der Waals surface area contributed by atoms with Crippen LogP contribution in [0.25, 0.3) is 0 Å². The second kappa shape index (κ2) is 4.66. The molecule has 2 heterocycles. The minimum Gasteiger partial charge on any atom is -0.486 e. The molecule has 0 bridgehead atoms. The Balaban J connectivity index is 1.97. The molecule has 0 N–H and O–H groups in total. The summed E-state index contributed by atoms with van der Waals surface area (Å²) in [6.45, 7) is 3.43. The maximum atomic E-state index is 12.5. The van der Waals surface area contributed by atoms with Gasteiger partial charge in [-0.2, -0.15) is 4.31 Å². The van der Waals surface area contributed by atoms with Crippen LogP contribution in [0.3, 0.4) is 0 Å². The Labute approximate surface area is 111 Å². The van der Waals surface area contributed by atoms with Gasteiger partial charge in [0.2, 0.25) is 10.0 Å². The Bertz CT molecular complexity index is 586. The smallest absolute Gasteiger partial charge is 0.245 e. The van der Waals surface area contributed by atoms with Crippen LogP contribution in [0.4, 0.5) is 0 Å². The summed E-state index contributed by atoms with van der Waals surface area (Å²) in [4.78, 5) is 0.203. The van der Waals surface area contributed by atoms with E-state index in [4.69, 9.17) is 14.2 Å². The summed E-state index contributed by atoms with van der Waals surface area (Å²) in [5.41, 5.74) is 0. The lowest BCUT2D eigenvalue weighted by Crippen LogP contribution is -2.34. The Morgan fingerprint density at radius 2 is 1.89 bits per heavy atom. The standard InChI is InChI=1S/C12H15NO5S/c1-9-13(4-5-16-9)19(14,15)10-2-3-11-12(8-10)18-7-6-17-11/h2-3,8-9H,4-7H2,1H3. The predicted octanol–water partition coefficient (Wildman–Crippen LogP) is 0.825.